The van der Waals surface area contributed by atoms with Crippen LogP contribution in [-0.2, 0) is 28.6 Å². The molecule has 0 N–H and O–H groups in total. The minimum Gasteiger partial charge on any atom is -0.462 e. The number of unbranched alkanes of at least 4 members (excludes halogenated alkanes) is 43. The van der Waals surface area contributed by atoms with Gasteiger partial charge in [0.05, 0.1) is 0 Å². The molecule has 0 aromatic heterocycles. The molecular formula is C64H120O6. The highest BCUT2D eigenvalue weighted by Gasteiger charge is 2.19. The monoisotopic (exact) mass is 985 g/mol. The standard InChI is InChI=1S/C64H120O6/c1-4-7-10-13-16-19-22-24-26-28-29-30-31-32-33-34-35-36-38-39-42-45-48-51-54-57-63(66)69-60-61(59-68-62(65)56-53-50-47-44-41-21-18-15-12-9-6-3)70-64(67)58-55-52-49-46-43-40-37-27-25-23-20-17-14-11-8-5-2/h15,18,27,37,61H,4-14,16-17,19-26,28-36,38-60H2,1-3H3/b18-15-,37-27-. The van der Waals surface area contributed by atoms with Crippen LogP contribution in [0.2, 0.25) is 0 Å². The zero-order chi connectivity index (χ0) is 50.7. The lowest BCUT2D eigenvalue weighted by molar-refractivity contribution is -0.167. The van der Waals surface area contributed by atoms with Gasteiger partial charge in [-0.3, -0.25) is 14.4 Å². The van der Waals surface area contributed by atoms with Gasteiger partial charge in [0.2, 0.25) is 0 Å². The van der Waals surface area contributed by atoms with E-state index < -0.39 is 6.10 Å². The predicted molar refractivity (Wildman–Crippen MR) is 303 cm³/mol. The Labute approximate surface area is 436 Å². The highest BCUT2D eigenvalue weighted by molar-refractivity contribution is 5.71. The van der Waals surface area contributed by atoms with Crippen LogP contribution < -0.4 is 0 Å². The van der Waals surface area contributed by atoms with Crippen LogP contribution in [0.5, 0.6) is 0 Å². The van der Waals surface area contributed by atoms with Crippen molar-refractivity contribution >= 4 is 17.9 Å². The highest BCUT2D eigenvalue weighted by atomic mass is 16.6. The summed E-state index contributed by atoms with van der Waals surface area (Å²) in [5.41, 5.74) is 0. The van der Waals surface area contributed by atoms with Gasteiger partial charge in [0.15, 0.2) is 6.10 Å². The average molecular weight is 986 g/mol. The van der Waals surface area contributed by atoms with E-state index in [2.05, 4.69) is 45.1 Å². The Morgan fingerprint density at radius 1 is 0.271 bits per heavy atom. The molecule has 0 bridgehead atoms. The highest BCUT2D eigenvalue weighted by Crippen LogP contribution is 2.18. The van der Waals surface area contributed by atoms with Crippen LogP contribution in [0.1, 0.15) is 348 Å². The lowest BCUT2D eigenvalue weighted by Crippen LogP contribution is -2.30. The van der Waals surface area contributed by atoms with E-state index in [9.17, 15) is 14.4 Å². The van der Waals surface area contributed by atoms with Gasteiger partial charge in [-0.05, 0) is 64.2 Å². The van der Waals surface area contributed by atoms with Crippen LogP contribution in [0.3, 0.4) is 0 Å². The zero-order valence-corrected chi connectivity index (χ0v) is 47.3. The van der Waals surface area contributed by atoms with Gasteiger partial charge < -0.3 is 14.2 Å². The largest absolute Gasteiger partial charge is 0.462 e. The van der Waals surface area contributed by atoms with Crippen LogP contribution in [0, 0.1) is 0 Å². The van der Waals surface area contributed by atoms with E-state index in [-0.39, 0.29) is 31.1 Å². The first-order chi connectivity index (χ1) is 34.5. The molecule has 1 atom stereocenters. The number of rotatable bonds is 58. The lowest BCUT2D eigenvalue weighted by atomic mass is 10.0. The van der Waals surface area contributed by atoms with Crippen molar-refractivity contribution in [3.63, 3.8) is 0 Å². The van der Waals surface area contributed by atoms with Crippen LogP contribution >= 0.6 is 0 Å². The van der Waals surface area contributed by atoms with Crippen molar-refractivity contribution in [2.24, 2.45) is 0 Å². The summed E-state index contributed by atoms with van der Waals surface area (Å²) in [6.07, 6.45) is 70.5. The zero-order valence-electron chi connectivity index (χ0n) is 47.3. The molecule has 70 heavy (non-hydrogen) atoms. The third-order valence-corrected chi connectivity index (χ3v) is 14.2. The van der Waals surface area contributed by atoms with Gasteiger partial charge in [-0.2, -0.15) is 0 Å². The van der Waals surface area contributed by atoms with Crippen molar-refractivity contribution in [1.82, 2.24) is 0 Å². The van der Waals surface area contributed by atoms with Gasteiger partial charge in [0.25, 0.3) is 0 Å². The normalized spacial score (nSPS) is 12.1. The number of hydrogen-bond donors (Lipinski definition) is 0. The number of esters is 3. The summed E-state index contributed by atoms with van der Waals surface area (Å²) in [6.45, 7) is 6.64. The Morgan fingerprint density at radius 2 is 0.486 bits per heavy atom. The Kier molecular flexibility index (Phi) is 57.7. The third-order valence-electron chi connectivity index (χ3n) is 14.2. The van der Waals surface area contributed by atoms with E-state index in [0.29, 0.717) is 19.3 Å². The van der Waals surface area contributed by atoms with Crippen molar-refractivity contribution in [3.05, 3.63) is 24.3 Å². The predicted octanol–water partition coefficient (Wildman–Crippen LogP) is 21.1. The fourth-order valence-corrected chi connectivity index (χ4v) is 9.42. The van der Waals surface area contributed by atoms with Crippen LogP contribution in [-0.4, -0.2) is 37.2 Å². The summed E-state index contributed by atoms with van der Waals surface area (Å²) < 4.78 is 16.9. The summed E-state index contributed by atoms with van der Waals surface area (Å²) in [4.78, 5) is 38.2. The third kappa shape index (κ3) is 56.8. The summed E-state index contributed by atoms with van der Waals surface area (Å²) in [5, 5.41) is 0. The van der Waals surface area contributed by atoms with Gasteiger partial charge in [0, 0.05) is 19.3 Å². The Hall–Kier alpha value is -2.11. The molecule has 0 saturated heterocycles. The van der Waals surface area contributed by atoms with Gasteiger partial charge >= 0.3 is 17.9 Å². The topological polar surface area (TPSA) is 78.9 Å². The molecule has 6 nitrogen and oxygen atoms in total. The molecule has 0 radical (unpaired) electrons. The minimum absolute atomic E-state index is 0.0728. The molecule has 0 aliphatic carbocycles. The van der Waals surface area contributed by atoms with E-state index in [1.807, 2.05) is 0 Å². The molecule has 0 aliphatic rings. The second-order valence-corrected chi connectivity index (χ2v) is 21.3. The van der Waals surface area contributed by atoms with E-state index in [1.165, 1.54) is 238 Å². The fourth-order valence-electron chi connectivity index (χ4n) is 9.42. The molecule has 0 rings (SSSR count). The number of ether oxygens (including phenoxy) is 3. The number of allylic oxidation sites excluding steroid dienone is 4. The first-order valence-electron chi connectivity index (χ1n) is 31.3. The molecular weight excluding hydrogens is 865 g/mol. The molecule has 0 amide bonds. The van der Waals surface area contributed by atoms with Crippen LogP contribution in [0.25, 0.3) is 0 Å². The van der Waals surface area contributed by atoms with Crippen LogP contribution in [0.4, 0.5) is 0 Å². The van der Waals surface area contributed by atoms with E-state index >= 15 is 0 Å². The van der Waals surface area contributed by atoms with Gasteiger partial charge in [0.1, 0.15) is 13.2 Å². The van der Waals surface area contributed by atoms with Gasteiger partial charge in [-0.25, -0.2) is 0 Å². The van der Waals surface area contributed by atoms with Crippen molar-refractivity contribution in [1.29, 1.82) is 0 Å². The summed E-state index contributed by atoms with van der Waals surface area (Å²) in [5.74, 6) is -0.870. The van der Waals surface area contributed by atoms with E-state index in [0.717, 1.165) is 70.6 Å². The number of carbonyl (C=O) groups is 3. The average Bonchev–Trinajstić information content (AvgIpc) is 3.36. The lowest BCUT2D eigenvalue weighted by Gasteiger charge is -2.18. The Bertz CT molecular complexity index is 1130. The summed E-state index contributed by atoms with van der Waals surface area (Å²) in [6, 6.07) is 0. The van der Waals surface area contributed by atoms with Gasteiger partial charge in [-0.15, -0.1) is 0 Å². The summed E-state index contributed by atoms with van der Waals surface area (Å²) in [7, 11) is 0. The first-order valence-corrected chi connectivity index (χ1v) is 31.3. The molecule has 0 saturated carbocycles. The van der Waals surface area contributed by atoms with E-state index in [1.54, 1.807) is 0 Å². The quantitative estimate of drug-likeness (QED) is 0.0261. The second kappa shape index (κ2) is 59.5. The van der Waals surface area contributed by atoms with Crippen molar-refractivity contribution < 1.29 is 28.6 Å². The Morgan fingerprint density at radius 3 is 0.757 bits per heavy atom. The molecule has 0 fully saturated rings. The van der Waals surface area contributed by atoms with Gasteiger partial charge in [-0.1, -0.05) is 289 Å². The first kappa shape index (κ1) is 67.9. The molecule has 0 heterocycles. The fraction of sp³-hybridized carbons (Fsp3) is 0.891. The molecule has 0 aromatic carbocycles. The number of hydrogen-bond acceptors (Lipinski definition) is 6. The minimum atomic E-state index is -0.775. The molecule has 0 aliphatic heterocycles. The van der Waals surface area contributed by atoms with Crippen molar-refractivity contribution in [3.8, 4) is 0 Å². The molecule has 412 valence electrons. The Balaban J connectivity index is 4.19. The smallest absolute Gasteiger partial charge is 0.306 e. The maximum atomic E-state index is 12.9. The maximum absolute atomic E-state index is 12.9. The molecule has 1 unspecified atom stereocenters. The van der Waals surface area contributed by atoms with Crippen LogP contribution in [0.15, 0.2) is 24.3 Å². The van der Waals surface area contributed by atoms with Crippen molar-refractivity contribution in [2.45, 2.75) is 354 Å². The SMILES string of the molecule is CCCC/C=C\CCCCCCCC(=O)OCC(COC(=O)CCCCCCCCCCCCCCCCCCCCCCCCCCC)OC(=O)CCCCCCC/C=C\CCCCCCCCC. The number of carbonyl (C=O) groups excluding carboxylic acids is 3. The molecule has 0 spiro atoms. The molecule has 0 aromatic rings. The van der Waals surface area contributed by atoms with Crippen molar-refractivity contribution in [2.75, 3.05) is 13.2 Å². The summed E-state index contributed by atoms with van der Waals surface area (Å²) >= 11 is 0. The maximum Gasteiger partial charge on any atom is 0.306 e. The second-order valence-electron chi connectivity index (χ2n) is 21.3. The molecule has 6 heteroatoms. The van der Waals surface area contributed by atoms with E-state index in [4.69, 9.17) is 14.2 Å².